The maximum Gasteiger partial charge on any atom is 0.328 e. The Hall–Kier alpha value is -1.13. The van der Waals surface area contributed by atoms with E-state index in [0.29, 0.717) is 6.61 Å². The highest BCUT2D eigenvalue weighted by atomic mass is 32.1. The van der Waals surface area contributed by atoms with Crippen LogP contribution >= 0.6 is 11.3 Å². The summed E-state index contributed by atoms with van der Waals surface area (Å²) in [5.74, 6) is -0.922. The standard InChI is InChI=1S/C16H24O3S/c1-3-4-5-6-7-13(2)19-11-15-10-14(12-20-15)8-9-16(17)18/h8-10,12-13H,3-7,11H2,1-2H3,(H,17,18). The molecule has 0 aromatic carbocycles. The molecule has 0 fully saturated rings. The predicted molar refractivity (Wildman–Crippen MR) is 84.0 cm³/mol. The van der Waals surface area contributed by atoms with Crippen LogP contribution in [0.5, 0.6) is 0 Å². The number of hydrogen-bond donors (Lipinski definition) is 1. The summed E-state index contributed by atoms with van der Waals surface area (Å²) in [4.78, 5) is 11.6. The molecule has 0 spiro atoms. The molecule has 0 bridgehead atoms. The first-order valence-corrected chi connectivity index (χ1v) is 8.09. The molecule has 1 heterocycles. The zero-order chi connectivity index (χ0) is 14.8. The second-order valence-electron chi connectivity index (χ2n) is 4.99. The minimum absolute atomic E-state index is 0.284. The van der Waals surface area contributed by atoms with Gasteiger partial charge in [-0.3, -0.25) is 0 Å². The molecule has 3 nitrogen and oxygen atoms in total. The molecule has 1 unspecified atom stereocenters. The lowest BCUT2D eigenvalue weighted by Crippen LogP contribution is -2.07. The number of unbranched alkanes of at least 4 members (excludes halogenated alkanes) is 3. The van der Waals surface area contributed by atoms with Crippen molar-refractivity contribution in [2.24, 2.45) is 0 Å². The zero-order valence-corrected chi connectivity index (χ0v) is 13.1. The number of carboxylic acid groups (broad SMARTS) is 1. The van der Waals surface area contributed by atoms with Crippen LogP contribution in [0.2, 0.25) is 0 Å². The molecule has 20 heavy (non-hydrogen) atoms. The van der Waals surface area contributed by atoms with Crippen molar-refractivity contribution in [1.82, 2.24) is 0 Å². The smallest absolute Gasteiger partial charge is 0.328 e. The van der Waals surface area contributed by atoms with Crippen LogP contribution < -0.4 is 0 Å². The van der Waals surface area contributed by atoms with Gasteiger partial charge in [-0.05, 0) is 36.4 Å². The monoisotopic (exact) mass is 296 g/mol. The van der Waals surface area contributed by atoms with Gasteiger partial charge >= 0.3 is 5.97 Å². The summed E-state index contributed by atoms with van der Waals surface area (Å²) in [5.41, 5.74) is 0.923. The second-order valence-corrected chi connectivity index (χ2v) is 5.98. The number of rotatable bonds is 10. The van der Waals surface area contributed by atoms with Crippen molar-refractivity contribution in [3.63, 3.8) is 0 Å². The molecule has 0 amide bonds. The average Bonchev–Trinajstić information content (AvgIpc) is 2.87. The Balaban J connectivity index is 2.26. The molecule has 1 aromatic heterocycles. The van der Waals surface area contributed by atoms with Crippen LogP contribution in [0.25, 0.3) is 6.08 Å². The van der Waals surface area contributed by atoms with Crippen molar-refractivity contribution >= 4 is 23.4 Å². The average molecular weight is 296 g/mol. The van der Waals surface area contributed by atoms with Gasteiger partial charge in [-0.25, -0.2) is 4.79 Å². The van der Waals surface area contributed by atoms with E-state index in [1.54, 1.807) is 17.4 Å². The molecule has 1 N–H and O–H groups in total. The van der Waals surface area contributed by atoms with Crippen molar-refractivity contribution in [3.05, 3.63) is 28.0 Å². The number of ether oxygens (including phenoxy) is 1. The number of hydrogen-bond acceptors (Lipinski definition) is 3. The van der Waals surface area contributed by atoms with E-state index in [1.165, 1.54) is 25.7 Å². The molecule has 0 radical (unpaired) electrons. The van der Waals surface area contributed by atoms with Gasteiger partial charge in [-0.15, -0.1) is 11.3 Å². The van der Waals surface area contributed by atoms with E-state index in [4.69, 9.17) is 9.84 Å². The fraction of sp³-hybridized carbons (Fsp3) is 0.562. The van der Waals surface area contributed by atoms with Gasteiger partial charge in [0.2, 0.25) is 0 Å². The fourth-order valence-corrected chi connectivity index (χ4v) is 2.67. The quantitative estimate of drug-likeness (QED) is 0.502. The van der Waals surface area contributed by atoms with Gasteiger partial charge in [0.1, 0.15) is 0 Å². The third kappa shape index (κ3) is 7.46. The molecular weight excluding hydrogens is 272 g/mol. The molecule has 0 saturated carbocycles. The topological polar surface area (TPSA) is 46.5 Å². The number of aliphatic carboxylic acids is 1. The minimum atomic E-state index is -0.922. The second kappa shape index (κ2) is 9.72. The van der Waals surface area contributed by atoms with Crippen molar-refractivity contribution < 1.29 is 14.6 Å². The lowest BCUT2D eigenvalue weighted by atomic mass is 10.1. The summed E-state index contributed by atoms with van der Waals surface area (Å²) in [5, 5.41) is 10.5. The van der Waals surface area contributed by atoms with Crippen molar-refractivity contribution in [2.75, 3.05) is 0 Å². The first-order valence-electron chi connectivity index (χ1n) is 7.21. The summed E-state index contributed by atoms with van der Waals surface area (Å²) < 4.78 is 5.82. The predicted octanol–water partition coefficient (Wildman–Crippen LogP) is 4.72. The van der Waals surface area contributed by atoms with E-state index in [-0.39, 0.29) is 6.10 Å². The van der Waals surface area contributed by atoms with Crippen LogP contribution in [0.1, 0.15) is 56.4 Å². The largest absolute Gasteiger partial charge is 0.478 e. The van der Waals surface area contributed by atoms with Gasteiger partial charge in [0.15, 0.2) is 0 Å². The molecule has 0 aliphatic carbocycles. The third-order valence-corrected chi connectivity index (χ3v) is 4.00. The van der Waals surface area contributed by atoms with Crippen LogP contribution in [0.3, 0.4) is 0 Å². The molecule has 0 aliphatic heterocycles. The molecule has 0 aliphatic rings. The van der Waals surface area contributed by atoms with Gasteiger partial charge in [-0.1, -0.05) is 32.6 Å². The lowest BCUT2D eigenvalue weighted by Gasteiger charge is -2.11. The molecule has 0 saturated heterocycles. The van der Waals surface area contributed by atoms with Crippen LogP contribution in [-0.4, -0.2) is 17.2 Å². The SMILES string of the molecule is CCCCCCC(C)OCc1cc(C=CC(=O)O)cs1. The Morgan fingerprint density at radius 2 is 2.25 bits per heavy atom. The molecule has 1 aromatic rings. The van der Waals surface area contributed by atoms with Crippen LogP contribution in [0.15, 0.2) is 17.5 Å². The summed E-state index contributed by atoms with van der Waals surface area (Å²) >= 11 is 1.61. The summed E-state index contributed by atoms with van der Waals surface area (Å²) in [7, 11) is 0. The van der Waals surface area contributed by atoms with E-state index in [0.717, 1.165) is 22.9 Å². The van der Waals surface area contributed by atoms with Gasteiger partial charge in [0, 0.05) is 11.0 Å². The van der Waals surface area contributed by atoms with Gasteiger partial charge < -0.3 is 9.84 Å². The van der Waals surface area contributed by atoms with Crippen molar-refractivity contribution in [1.29, 1.82) is 0 Å². The summed E-state index contributed by atoms with van der Waals surface area (Å²) in [6.07, 6.45) is 9.23. The number of thiophene rings is 1. The highest BCUT2D eigenvalue weighted by molar-refractivity contribution is 7.10. The lowest BCUT2D eigenvalue weighted by molar-refractivity contribution is -0.131. The van der Waals surface area contributed by atoms with E-state index in [1.807, 2.05) is 11.4 Å². The Bertz CT molecular complexity index is 423. The van der Waals surface area contributed by atoms with Gasteiger partial charge in [0.05, 0.1) is 12.7 Å². The van der Waals surface area contributed by atoms with Crippen LogP contribution in [0, 0.1) is 0 Å². The maximum absolute atomic E-state index is 10.4. The normalized spacial score (nSPS) is 12.9. The van der Waals surface area contributed by atoms with E-state index in [2.05, 4.69) is 13.8 Å². The minimum Gasteiger partial charge on any atom is -0.478 e. The van der Waals surface area contributed by atoms with E-state index >= 15 is 0 Å². The van der Waals surface area contributed by atoms with Crippen molar-refractivity contribution in [2.45, 2.75) is 58.7 Å². The number of carboxylic acids is 1. The molecular formula is C16H24O3S. The number of carbonyl (C=O) groups is 1. The first kappa shape index (κ1) is 16.9. The molecule has 1 atom stereocenters. The fourth-order valence-electron chi connectivity index (χ4n) is 1.89. The Morgan fingerprint density at radius 1 is 1.45 bits per heavy atom. The molecule has 4 heteroatoms. The van der Waals surface area contributed by atoms with E-state index < -0.39 is 5.97 Å². The summed E-state index contributed by atoms with van der Waals surface area (Å²) in [6.45, 7) is 4.94. The molecule has 1 rings (SSSR count). The van der Waals surface area contributed by atoms with Crippen LogP contribution in [-0.2, 0) is 16.1 Å². The van der Waals surface area contributed by atoms with Gasteiger partial charge in [-0.2, -0.15) is 0 Å². The highest BCUT2D eigenvalue weighted by Crippen LogP contribution is 2.18. The van der Waals surface area contributed by atoms with E-state index in [9.17, 15) is 4.79 Å². The van der Waals surface area contributed by atoms with Gasteiger partial charge in [0.25, 0.3) is 0 Å². The molecule has 112 valence electrons. The Morgan fingerprint density at radius 3 is 2.95 bits per heavy atom. The Labute approximate surface area is 125 Å². The highest BCUT2D eigenvalue weighted by Gasteiger charge is 2.04. The first-order chi connectivity index (χ1) is 9.61. The van der Waals surface area contributed by atoms with Crippen LogP contribution in [0.4, 0.5) is 0 Å². The third-order valence-electron chi connectivity index (χ3n) is 3.07. The zero-order valence-electron chi connectivity index (χ0n) is 12.3. The Kier molecular flexibility index (Phi) is 8.23. The summed E-state index contributed by atoms with van der Waals surface area (Å²) in [6, 6.07) is 1.98. The van der Waals surface area contributed by atoms with Crippen molar-refractivity contribution in [3.8, 4) is 0 Å². The maximum atomic E-state index is 10.4.